The molecule has 1 atom stereocenters. The highest BCUT2D eigenvalue weighted by atomic mass is 35.5. The van der Waals surface area contributed by atoms with Crippen LogP contribution in [0, 0.1) is 5.92 Å². The van der Waals surface area contributed by atoms with Gasteiger partial charge in [-0.3, -0.25) is 0 Å². The van der Waals surface area contributed by atoms with Crippen LogP contribution in [-0.2, 0) is 10.0 Å². The maximum Gasteiger partial charge on any atom is 0.243 e. The first kappa shape index (κ1) is 14.6. The van der Waals surface area contributed by atoms with Gasteiger partial charge < -0.3 is 5.73 Å². The van der Waals surface area contributed by atoms with Gasteiger partial charge in [0.05, 0.1) is 15.6 Å². The van der Waals surface area contributed by atoms with Crippen LogP contribution >= 0.6 is 11.6 Å². The Morgan fingerprint density at radius 2 is 2.11 bits per heavy atom. The molecule has 1 aromatic rings. The van der Waals surface area contributed by atoms with E-state index in [4.69, 9.17) is 17.3 Å². The molecule has 0 radical (unpaired) electrons. The molecule has 0 aromatic heterocycles. The summed E-state index contributed by atoms with van der Waals surface area (Å²) in [5, 5.41) is 0.376. The van der Waals surface area contributed by atoms with Crippen LogP contribution in [0.3, 0.4) is 0 Å². The molecule has 2 N–H and O–H groups in total. The minimum Gasteiger partial charge on any atom is -0.397 e. The molecular weight excluding hydrogens is 284 g/mol. The lowest BCUT2D eigenvalue weighted by atomic mass is 10.0. The smallest absolute Gasteiger partial charge is 0.243 e. The molecule has 0 saturated carbocycles. The zero-order chi connectivity index (χ0) is 14.2. The van der Waals surface area contributed by atoms with E-state index in [9.17, 15) is 8.42 Å². The third-order valence-electron chi connectivity index (χ3n) is 3.59. The summed E-state index contributed by atoms with van der Waals surface area (Å²) in [7, 11) is -3.48. The molecule has 0 spiro atoms. The second-order valence-electron chi connectivity index (χ2n) is 5.25. The van der Waals surface area contributed by atoms with Gasteiger partial charge in [0.15, 0.2) is 0 Å². The number of anilines is 1. The summed E-state index contributed by atoms with van der Waals surface area (Å²) in [6.45, 7) is 4.68. The average molecular weight is 303 g/mol. The van der Waals surface area contributed by atoms with Gasteiger partial charge in [-0.25, -0.2) is 8.42 Å². The van der Waals surface area contributed by atoms with Crippen molar-refractivity contribution in [2.24, 2.45) is 5.92 Å². The summed E-state index contributed by atoms with van der Waals surface area (Å²) in [6, 6.07) is 4.56. The van der Waals surface area contributed by atoms with Crippen molar-refractivity contribution in [1.29, 1.82) is 0 Å². The molecule has 1 heterocycles. The average Bonchev–Trinajstić information content (AvgIpc) is 2.82. The molecule has 6 heteroatoms. The van der Waals surface area contributed by atoms with Crippen LogP contribution in [0.5, 0.6) is 0 Å². The van der Waals surface area contributed by atoms with Gasteiger partial charge in [-0.05, 0) is 37.0 Å². The van der Waals surface area contributed by atoms with Crippen LogP contribution in [0.15, 0.2) is 23.1 Å². The van der Waals surface area contributed by atoms with Crippen molar-refractivity contribution >= 4 is 27.3 Å². The van der Waals surface area contributed by atoms with Crippen molar-refractivity contribution in [3.8, 4) is 0 Å². The Balaban J connectivity index is 2.39. The van der Waals surface area contributed by atoms with Gasteiger partial charge in [-0.2, -0.15) is 4.31 Å². The SMILES string of the molecule is CC(C)C1CCCN1S(=O)(=O)c1ccc(Cl)c(N)c1. The van der Waals surface area contributed by atoms with Crippen LogP contribution < -0.4 is 5.73 Å². The lowest BCUT2D eigenvalue weighted by Crippen LogP contribution is -2.38. The number of nitrogens with zero attached hydrogens (tertiary/aromatic N) is 1. The van der Waals surface area contributed by atoms with E-state index in [0.29, 0.717) is 23.2 Å². The van der Waals surface area contributed by atoms with Crippen LogP contribution in [0.2, 0.25) is 5.02 Å². The molecule has 0 aliphatic carbocycles. The maximum atomic E-state index is 12.6. The molecule has 0 bridgehead atoms. The number of hydrogen-bond acceptors (Lipinski definition) is 3. The summed E-state index contributed by atoms with van der Waals surface area (Å²) >= 11 is 5.84. The Kier molecular flexibility index (Phi) is 4.08. The summed E-state index contributed by atoms with van der Waals surface area (Å²) in [6.07, 6.45) is 1.82. The standard InChI is InChI=1S/C13H19ClN2O2S/c1-9(2)13-4-3-7-16(13)19(17,18)10-5-6-11(14)12(15)8-10/h5-6,8-9,13H,3-4,7,15H2,1-2H3. The molecule has 1 aliphatic heterocycles. The van der Waals surface area contributed by atoms with Gasteiger partial charge in [0.25, 0.3) is 0 Å². The fourth-order valence-electron chi connectivity index (χ4n) is 2.55. The second-order valence-corrected chi connectivity index (χ2v) is 7.55. The van der Waals surface area contributed by atoms with Gasteiger partial charge in [0.2, 0.25) is 10.0 Å². The number of halogens is 1. The Morgan fingerprint density at radius 3 is 2.68 bits per heavy atom. The first-order chi connectivity index (χ1) is 8.84. The molecular formula is C13H19ClN2O2S. The quantitative estimate of drug-likeness (QED) is 0.873. The van der Waals surface area contributed by atoms with Crippen LogP contribution in [0.4, 0.5) is 5.69 Å². The number of rotatable bonds is 3. The zero-order valence-corrected chi connectivity index (χ0v) is 12.7. The van der Waals surface area contributed by atoms with Gasteiger partial charge in [0.1, 0.15) is 0 Å². The summed E-state index contributed by atoms with van der Waals surface area (Å²) in [5.41, 5.74) is 5.99. The first-order valence-corrected chi connectivity index (χ1v) is 8.22. The van der Waals surface area contributed by atoms with E-state index in [-0.39, 0.29) is 10.9 Å². The number of hydrogen-bond donors (Lipinski definition) is 1. The van der Waals surface area contributed by atoms with Gasteiger partial charge >= 0.3 is 0 Å². The van der Waals surface area contributed by atoms with E-state index >= 15 is 0 Å². The van der Waals surface area contributed by atoms with Gasteiger partial charge in [-0.1, -0.05) is 25.4 Å². The Hall–Kier alpha value is -0.780. The predicted molar refractivity (Wildman–Crippen MR) is 77.6 cm³/mol. The normalized spacial score (nSPS) is 21.2. The molecule has 1 saturated heterocycles. The van der Waals surface area contributed by atoms with E-state index in [0.717, 1.165) is 12.8 Å². The molecule has 19 heavy (non-hydrogen) atoms. The van der Waals surface area contributed by atoms with Crippen molar-refractivity contribution in [3.63, 3.8) is 0 Å². The minimum atomic E-state index is -3.48. The monoisotopic (exact) mass is 302 g/mol. The van der Waals surface area contributed by atoms with Crippen LogP contribution in [-0.4, -0.2) is 25.3 Å². The fourth-order valence-corrected chi connectivity index (χ4v) is 4.53. The topological polar surface area (TPSA) is 63.4 Å². The lowest BCUT2D eigenvalue weighted by Gasteiger charge is -2.27. The van der Waals surface area contributed by atoms with E-state index in [1.54, 1.807) is 4.31 Å². The number of benzene rings is 1. The minimum absolute atomic E-state index is 0.0712. The Morgan fingerprint density at radius 1 is 1.42 bits per heavy atom. The number of sulfonamides is 1. The van der Waals surface area contributed by atoms with E-state index in [1.165, 1.54) is 18.2 Å². The summed E-state index contributed by atoms with van der Waals surface area (Å²) in [4.78, 5) is 0.224. The van der Waals surface area contributed by atoms with Crippen molar-refractivity contribution in [1.82, 2.24) is 4.31 Å². The molecule has 1 aliphatic rings. The predicted octanol–water partition coefficient (Wildman–Crippen LogP) is 2.73. The summed E-state index contributed by atoms with van der Waals surface area (Å²) < 4.78 is 26.9. The van der Waals surface area contributed by atoms with Gasteiger partial charge in [-0.15, -0.1) is 0 Å². The highest BCUT2D eigenvalue weighted by molar-refractivity contribution is 7.89. The molecule has 2 rings (SSSR count). The third-order valence-corrected chi connectivity index (χ3v) is 5.86. The fraction of sp³-hybridized carbons (Fsp3) is 0.538. The molecule has 1 fully saturated rings. The van der Waals surface area contributed by atoms with Crippen LogP contribution in [0.1, 0.15) is 26.7 Å². The number of nitrogen functional groups attached to an aromatic ring is 1. The van der Waals surface area contributed by atoms with E-state index < -0.39 is 10.0 Å². The molecule has 1 aromatic carbocycles. The maximum absolute atomic E-state index is 12.6. The Bertz CT molecular complexity index is 572. The second kappa shape index (κ2) is 5.31. The third kappa shape index (κ3) is 2.73. The summed E-state index contributed by atoms with van der Waals surface area (Å²) in [5.74, 6) is 0.307. The van der Waals surface area contributed by atoms with E-state index in [2.05, 4.69) is 13.8 Å². The van der Waals surface area contributed by atoms with E-state index in [1.807, 2.05) is 0 Å². The van der Waals surface area contributed by atoms with Crippen molar-refractivity contribution < 1.29 is 8.42 Å². The lowest BCUT2D eigenvalue weighted by molar-refractivity contribution is 0.316. The van der Waals surface area contributed by atoms with Gasteiger partial charge in [0, 0.05) is 12.6 Å². The van der Waals surface area contributed by atoms with Crippen LogP contribution in [0.25, 0.3) is 0 Å². The molecule has 1 unspecified atom stereocenters. The molecule has 4 nitrogen and oxygen atoms in total. The van der Waals surface area contributed by atoms with Crippen molar-refractivity contribution in [3.05, 3.63) is 23.2 Å². The zero-order valence-electron chi connectivity index (χ0n) is 11.1. The first-order valence-electron chi connectivity index (χ1n) is 6.41. The Labute approximate surface area is 119 Å². The highest BCUT2D eigenvalue weighted by Crippen LogP contribution is 2.31. The van der Waals surface area contributed by atoms with Crippen molar-refractivity contribution in [2.75, 3.05) is 12.3 Å². The highest BCUT2D eigenvalue weighted by Gasteiger charge is 2.36. The number of nitrogens with two attached hydrogens (primary N) is 1. The largest absolute Gasteiger partial charge is 0.397 e. The molecule has 0 amide bonds. The van der Waals surface area contributed by atoms with Crippen molar-refractivity contribution in [2.45, 2.75) is 37.6 Å². The molecule has 106 valence electrons.